The summed E-state index contributed by atoms with van der Waals surface area (Å²) in [6.07, 6.45) is -4.58. The lowest BCUT2D eigenvalue weighted by Crippen LogP contribution is -2.07. The van der Waals surface area contributed by atoms with Gasteiger partial charge < -0.3 is 4.74 Å². The van der Waals surface area contributed by atoms with E-state index in [1.165, 1.54) is 6.07 Å². The molecule has 0 spiro atoms. The summed E-state index contributed by atoms with van der Waals surface area (Å²) >= 11 is 5.95. The molecule has 2 nitrogen and oxygen atoms in total. The van der Waals surface area contributed by atoms with Crippen LogP contribution >= 0.6 is 11.6 Å². The van der Waals surface area contributed by atoms with Gasteiger partial charge in [-0.15, -0.1) is 0 Å². The minimum absolute atomic E-state index is 0.118. The third-order valence-corrected chi connectivity index (χ3v) is 3.04. The van der Waals surface area contributed by atoms with Gasteiger partial charge in [0.05, 0.1) is 22.2 Å². The number of rotatable bonds is 2. The van der Waals surface area contributed by atoms with Crippen LogP contribution < -0.4 is 4.74 Å². The summed E-state index contributed by atoms with van der Waals surface area (Å²) in [6, 6.07) is 9.60. The largest absolute Gasteiger partial charge is 0.456 e. The number of halogens is 4. The van der Waals surface area contributed by atoms with Crippen LogP contribution in [0.4, 0.5) is 13.2 Å². The maximum absolute atomic E-state index is 12.7. The molecule has 0 N–H and O–H groups in total. The van der Waals surface area contributed by atoms with Crippen molar-refractivity contribution in [1.82, 2.24) is 0 Å². The predicted molar refractivity (Wildman–Crippen MR) is 72.4 cm³/mol. The molecular formula is C15H9ClF3NO. The molecule has 0 heterocycles. The zero-order valence-corrected chi connectivity index (χ0v) is 11.6. The van der Waals surface area contributed by atoms with E-state index in [0.29, 0.717) is 10.8 Å². The molecule has 108 valence electrons. The van der Waals surface area contributed by atoms with E-state index in [9.17, 15) is 13.2 Å². The number of hydrogen-bond donors (Lipinski definition) is 0. The molecule has 0 radical (unpaired) electrons. The fourth-order valence-electron chi connectivity index (χ4n) is 1.74. The van der Waals surface area contributed by atoms with Crippen LogP contribution in [0.15, 0.2) is 36.4 Å². The average Bonchev–Trinajstić information content (AvgIpc) is 2.41. The zero-order chi connectivity index (χ0) is 15.6. The highest BCUT2D eigenvalue weighted by atomic mass is 35.5. The van der Waals surface area contributed by atoms with Crippen molar-refractivity contribution < 1.29 is 17.9 Å². The Bertz CT molecular complexity index is 720. The number of aryl methyl sites for hydroxylation is 1. The number of ether oxygens (including phenoxy) is 1. The van der Waals surface area contributed by atoms with E-state index in [2.05, 4.69) is 0 Å². The lowest BCUT2D eigenvalue weighted by molar-refractivity contribution is -0.137. The molecule has 0 saturated heterocycles. The van der Waals surface area contributed by atoms with Gasteiger partial charge in [-0.1, -0.05) is 17.7 Å². The number of hydrogen-bond acceptors (Lipinski definition) is 2. The molecule has 0 unspecified atom stereocenters. The Morgan fingerprint density at radius 3 is 2.48 bits per heavy atom. The van der Waals surface area contributed by atoms with Crippen molar-refractivity contribution in [2.75, 3.05) is 0 Å². The van der Waals surface area contributed by atoms with Crippen molar-refractivity contribution in [2.24, 2.45) is 0 Å². The fourth-order valence-corrected chi connectivity index (χ4v) is 1.90. The first-order valence-corrected chi connectivity index (χ1v) is 6.24. The molecule has 0 aliphatic carbocycles. The summed E-state index contributed by atoms with van der Waals surface area (Å²) in [5, 5.41) is 9.17. The summed E-state index contributed by atoms with van der Waals surface area (Å²) in [6.45, 7) is 1.83. The predicted octanol–water partition coefficient (Wildman–Crippen LogP) is 5.33. The standard InChI is InChI=1S/C15H9ClF3NO/c1-9-2-5-13(16)14(6-9)21-11-3-4-12(15(17,18)19)10(7-11)8-20/h2-7H,1H3. The Kier molecular flexibility index (Phi) is 4.10. The second-order valence-corrected chi connectivity index (χ2v) is 4.76. The van der Waals surface area contributed by atoms with Crippen LogP contribution in [-0.4, -0.2) is 0 Å². The van der Waals surface area contributed by atoms with Crippen LogP contribution in [0.1, 0.15) is 16.7 Å². The van der Waals surface area contributed by atoms with E-state index in [1.54, 1.807) is 18.2 Å². The third kappa shape index (κ3) is 3.47. The van der Waals surface area contributed by atoms with Gasteiger partial charge in [-0.2, -0.15) is 18.4 Å². The molecule has 0 atom stereocenters. The minimum atomic E-state index is -4.58. The Morgan fingerprint density at radius 2 is 1.86 bits per heavy atom. The van der Waals surface area contributed by atoms with Gasteiger partial charge in [0.2, 0.25) is 0 Å². The van der Waals surface area contributed by atoms with Gasteiger partial charge in [0.15, 0.2) is 0 Å². The van der Waals surface area contributed by atoms with Crippen LogP contribution in [-0.2, 0) is 6.18 Å². The number of alkyl halides is 3. The molecule has 2 rings (SSSR count). The molecule has 0 amide bonds. The van der Waals surface area contributed by atoms with Crippen LogP contribution in [0.5, 0.6) is 11.5 Å². The molecule has 21 heavy (non-hydrogen) atoms. The SMILES string of the molecule is Cc1ccc(Cl)c(Oc2ccc(C(F)(F)F)c(C#N)c2)c1. The zero-order valence-electron chi connectivity index (χ0n) is 10.8. The maximum Gasteiger partial charge on any atom is 0.417 e. The highest BCUT2D eigenvalue weighted by molar-refractivity contribution is 6.32. The van der Waals surface area contributed by atoms with Gasteiger partial charge in [0.25, 0.3) is 0 Å². The van der Waals surface area contributed by atoms with Gasteiger partial charge in [0.1, 0.15) is 11.5 Å². The van der Waals surface area contributed by atoms with Crippen molar-refractivity contribution in [2.45, 2.75) is 13.1 Å². The molecule has 2 aromatic carbocycles. The summed E-state index contributed by atoms with van der Waals surface area (Å²) < 4.78 is 43.5. The average molecular weight is 312 g/mol. The highest BCUT2D eigenvalue weighted by Crippen LogP contribution is 2.35. The lowest BCUT2D eigenvalue weighted by Gasteiger charge is -2.12. The number of nitrogens with zero attached hydrogens (tertiary/aromatic N) is 1. The quantitative estimate of drug-likeness (QED) is 0.751. The molecule has 0 aliphatic rings. The maximum atomic E-state index is 12.7. The molecule has 6 heteroatoms. The van der Waals surface area contributed by atoms with Crippen LogP contribution in [0.3, 0.4) is 0 Å². The number of nitriles is 1. The van der Waals surface area contributed by atoms with E-state index in [1.807, 2.05) is 6.92 Å². The molecule has 0 aliphatic heterocycles. The monoisotopic (exact) mass is 311 g/mol. The third-order valence-electron chi connectivity index (χ3n) is 2.73. The topological polar surface area (TPSA) is 33.0 Å². The van der Waals surface area contributed by atoms with Gasteiger partial charge in [-0.05, 0) is 42.8 Å². The molecular weight excluding hydrogens is 303 g/mol. The first kappa shape index (κ1) is 15.2. The second kappa shape index (κ2) is 5.66. The Labute approximate surface area is 124 Å². The van der Waals surface area contributed by atoms with E-state index in [4.69, 9.17) is 21.6 Å². The molecule has 0 fully saturated rings. The summed E-state index contributed by atoms with van der Waals surface area (Å²) in [5.74, 6) is 0.437. The van der Waals surface area contributed by atoms with Gasteiger partial charge in [-0.3, -0.25) is 0 Å². The Morgan fingerprint density at radius 1 is 1.14 bits per heavy atom. The molecule has 0 saturated carbocycles. The first-order chi connectivity index (χ1) is 9.81. The fraction of sp³-hybridized carbons (Fsp3) is 0.133. The Hall–Kier alpha value is -2.19. The summed E-state index contributed by atoms with van der Waals surface area (Å²) in [5.41, 5.74) is -0.599. The lowest BCUT2D eigenvalue weighted by atomic mass is 10.1. The van der Waals surface area contributed by atoms with Crippen molar-refractivity contribution >= 4 is 11.6 Å². The van der Waals surface area contributed by atoms with E-state index < -0.39 is 17.3 Å². The van der Waals surface area contributed by atoms with E-state index in [-0.39, 0.29) is 5.75 Å². The molecule has 2 aromatic rings. The van der Waals surface area contributed by atoms with Crippen molar-refractivity contribution in [3.05, 3.63) is 58.1 Å². The first-order valence-electron chi connectivity index (χ1n) is 5.86. The normalized spacial score (nSPS) is 11.0. The summed E-state index contributed by atoms with van der Waals surface area (Å²) in [7, 11) is 0. The van der Waals surface area contributed by atoms with Crippen LogP contribution in [0, 0.1) is 18.3 Å². The second-order valence-electron chi connectivity index (χ2n) is 4.35. The minimum Gasteiger partial charge on any atom is -0.456 e. The Balaban J connectivity index is 2.39. The molecule has 0 aromatic heterocycles. The smallest absolute Gasteiger partial charge is 0.417 e. The summed E-state index contributed by atoms with van der Waals surface area (Å²) in [4.78, 5) is 0. The van der Waals surface area contributed by atoms with Gasteiger partial charge in [-0.25, -0.2) is 0 Å². The highest BCUT2D eigenvalue weighted by Gasteiger charge is 2.33. The molecule has 0 bridgehead atoms. The van der Waals surface area contributed by atoms with Crippen molar-refractivity contribution in [3.8, 4) is 17.6 Å². The van der Waals surface area contributed by atoms with Crippen LogP contribution in [0.2, 0.25) is 5.02 Å². The van der Waals surface area contributed by atoms with E-state index >= 15 is 0 Å². The van der Waals surface area contributed by atoms with Crippen molar-refractivity contribution in [1.29, 1.82) is 5.26 Å². The van der Waals surface area contributed by atoms with E-state index in [0.717, 1.165) is 23.8 Å². The van der Waals surface area contributed by atoms with Crippen LogP contribution in [0.25, 0.3) is 0 Å². The van der Waals surface area contributed by atoms with Gasteiger partial charge in [0, 0.05) is 0 Å². The van der Waals surface area contributed by atoms with Crippen molar-refractivity contribution in [3.63, 3.8) is 0 Å². The van der Waals surface area contributed by atoms with Gasteiger partial charge >= 0.3 is 6.18 Å². The number of benzene rings is 2.